The highest BCUT2D eigenvalue weighted by Crippen LogP contribution is 2.22. The van der Waals surface area contributed by atoms with Gasteiger partial charge in [0.05, 0.1) is 11.2 Å². The van der Waals surface area contributed by atoms with Crippen molar-refractivity contribution in [1.29, 1.82) is 0 Å². The molecule has 5 bridgehead atoms. The molecule has 0 aliphatic carbocycles. The number of esters is 1. The zero-order valence-corrected chi connectivity index (χ0v) is 28.9. The molecule has 1 fully saturated rings. The average Bonchev–Trinajstić information content (AvgIpc) is 3.10. The van der Waals surface area contributed by atoms with Crippen LogP contribution in [0.15, 0.2) is 66.7 Å². The Kier molecular flexibility index (Phi) is 12.1. The smallest absolute Gasteiger partial charge is 0.325 e. The van der Waals surface area contributed by atoms with Crippen LogP contribution in [0.2, 0.25) is 0 Å². The molecule has 1 aromatic heterocycles. The van der Waals surface area contributed by atoms with Gasteiger partial charge in [-0.15, -0.1) is 0 Å². The molecule has 260 valence electrons. The zero-order valence-electron chi connectivity index (χ0n) is 28.9. The molecule has 1 saturated heterocycles. The summed E-state index contributed by atoms with van der Waals surface area (Å²) in [6.45, 7) is 9.42. The normalized spacial score (nSPS) is 24.6. The minimum atomic E-state index is -0.887. The second-order valence-corrected chi connectivity index (χ2v) is 13.3. The molecule has 2 aliphatic heterocycles. The molecule has 3 heterocycles. The molecule has 0 saturated carbocycles. The van der Waals surface area contributed by atoms with Gasteiger partial charge >= 0.3 is 5.97 Å². The third kappa shape index (κ3) is 9.73. The van der Waals surface area contributed by atoms with Crippen molar-refractivity contribution in [2.75, 3.05) is 19.6 Å². The Morgan fingerprint density at radius 3 is 2.49 bits per heavy atom. The third-order valence-corrected chi connectivity index (χ3v) is 9.01. The van der Waals surface area contributed by atoms with Gasteiger partial charge in [-0.1, -0.05) is 74.5 Å². The molecule has 49 heavy (non-hydrogen) atoms. The predicted molar refractivity (Wildman–Crippen MR) is 188 cm³/mol. The fraction of sp³-hybridized carbons (Fsp3) is 0.447. The van der Waals surface area contributed by atoms with Crippen molar-refractivity contribution in [2.45, 2.75) is 84.2 Å². The number of benzene rings is 2. The minimum absolute atomic E-state index is 0.206. The lowest BCUT2D eigenvalue weighted by Crippen LogP contribution is -2.61. The number of cyclic esters (lactones) is 1. The lowest BCUT2D eigenvalue weighted by Gasteiger charge is -2.35. The van der Waals surface area contributed by atoms with E-state index in [0.717, 1.165) is 35.0 Å². The van der Waals surface area contributed by atoms with Gasteiger partial charge in [-0.05, 0) is 62.3 Å². The van der Waals surface area contributed by atoms with Gasteiger partial charge in [0.2, 0.25) is 11.8 Å². The standard InChI is InChI=1S/C38H48N6O5/c1-25(2)35-36(46)39-26(3)37(47)44-21-10-14-32(42-44)38(48)49-27(4)31-18-17-30-16-15-28(23-33(30)40-31)11-8-9-20-43(22-19-34(45)41-35)24-29-12-6-5-7-13-29/h5-8,11-13,15-18,23,25-27,32,35,42H,9-10,14,19-22,24H2,1-4H3,(H,39,46)(H,41,45)/b11-8+/t26-,27+,32-,35-/m0/s1. The van der Waals surface area contributed by atoms with Gasteiger partial charge in [0.15, 0.2) is 0 Å². The van der Waals surface area contributed by atoms with Gasteiger partial charge in [0.1, 0.15) is 24.2 Å². The molecule has 2 aliphatic rings. The van der Waals surface area contributed by atoms with E-state index in [9.17, 15) is 19.2 Å². The summed E-state index contributed by atoms with van der Waals surface area (Å²) in [5.74, 6) is -1.73. The Balaban J connectivity index is 1.39. The number of aromatic nitrogens is 1. The molecule has 0 unspecified atom stereocenters. The second kappa shape index (κ2) is 16.7. The fourth-order valence-corrected chi connectivity index (χ4v) is 6.14. The molecule has 4 atom stereocenters. The topological polar surface area (TPSA) is 133 Å². The number of nitrogens with one attached hydrogen (secondary N) is 3. The number of amides is 3. The summed E-state index contributed by atoms with van der Waals surface area (Å²) < 4.78 is 5.82. The monoisotopic (exact) mass is 668 g/mol. The molecule has 11 nitrogen and oxygen atoms in total. The summed E-state index contributed by atoms with van der Waals surface area (Å²) in [6, 6.07) is 17.6. The van der Waals surface area contributed by atoms with Gasteiger partial charge in [0, 0.05) is 38.0 Å². The van der Waals surface area contributed by atoms with E-state index in [2.05, 4.69) is 45.2 Å². The van der Waals surface area contributed by atoms with Crippen LogP contribution in [0.4, 0.5) is 0 Å². The maximum Gasteiger partial charge on any atom is 0.325 e. The summed E-state index contributed by atoms with van der Waals surface area (Å²) in [5.41, 5.74) is 6.59. The van der Waals surface area contributed by atoms with Crippen LogP contribution in [0.1, 0.15) is 76.3 Å². The van der Waals surface area contributed by atoms with Crippen molar-refractivity contribution in [1.82, 2.24) is 31.0 Å². The third-order valence-electron chi connectivity index (χ3n) is 9.01. The largest absolute Gasteiger partial charge is 0.455 e. The van der Waals surface area contributed by atoms with E-state index in [0.29, 0.717) is 38.2 Å². The van der Waals surface area contributed by atoms with Crippen LogP contribution in [0, 0.1) is 5.92 Å². The highest BCUT2D eigenvalue weighted by molar-refractivity contribution is 5.92. The Bertz CT molecular complexity index is 1660. The van der Waals surface area contributed by atoms with Crippen molar-refractivity contribution in [3.63, 3.8) is 0 Å². The lowest BCUT2D eigenvalue weighted by molar-refractivity contribution is -0.157. The van der Waals surface area contributed by atoms with Gasteiger partial charge in [-0.3, -0.25) is 29.1 Å². The van der Waals surface area contributed by atoms with E-state index in [1.54, 1.807) is 13.8 Å². The number of hydrogen-bond acceptors (Lipinski definition) is 8. The van der Waals surface area contributed by atoms with Crippen molar-refractivity contribution >= 4 is 40.7 Å². The molecule has 2 aromatic carbocycles. The van der Waals surface area contributed by atoms with Crippen molar-refractivity contribution in [2.24, 2.45) is 5.92 Å². The number of carbonyl (C=O) groups is 4. The molecule has 3 amide bonds. The van der Waals surface area contributed by atoms with E-state index in [1.807, 2.05) is 62.4 Å². The van der Waals surface area contributed by atoms with E-state index >= 15 is 0 Å². The van der Waals surface area contributed by atoms with Crippen molar-refractivity contribution in [3.8, 4) is 0 Å². The molecule has 5 rings (SSSR count). The predicted octanol–water partition coefficient (Wildman–Crippen LogP) is 4.29. The molecule has 3 N–H and O–H groups in total. The average molecular weight is 669 g/mol. The van der Waals surface area contributed by atoms with E-state index in [1.165, 1.54) is 5.01 Å². The molecular formula is C38H48N6O5. The van der Waals surface area contributed by atoms with Crippen LogP contribution >= 0.6 is 0 Å². The van der Waals surface area contributed by atoms with Gasteiger partial charge in [-0.2, -0.15) is 0 Å². The summed E-state index contributed by atoms with van der Waals surface area (Å²) in [5, 5.41) is 8.04. The van der Waals surface area contributed by atoms with Crippen LogP contribution in [-0.4, -0.2) is 76.3 Å². The van der Waals surface area contributed by atoms with Crippen LogP contribution in [0.25, 0.3) is 17.0 Å². The van der Waals surface area contributed by atoms with Gasteiger partial charge in [0.25, 0.3) is 5.91 Å². The van der Waals surface area contributed by atoms with Crippen molar-refractivity contribution in [3.05, 3.63) is 83.6 Å². The number of fused-ring (bicyclic) bond motifs is 4. The Labute approximate surface area is 288 Å². The molecule has 0 spiro atoms. The van der Waals surface area contributed by atoms with Gasteiger partial charge < -0.3 is 15.4 Å². The van der Waals surface area contributed by atoms with Crippen LogP contribution in [0.5, 0.6) is 0 Å². The maximum absolute atomic E-state index is 13.4. The molecular weight excluding hydrogens is 620 g/mol. The number of ether oxygens (including phenoxy) is 1. The summed E-state index contributed by atoms with van der Waals surface area (Å²) in [7, 11) is 0. The Hall–Kier alpha value is -4.61. The van der Waals surface area contributed by atoms with E-state index < -0.39 is 36.1 Å². The fourth-order valence-electron chi connectivity index (χ4n) is 6.14. The van der Waals surface area contributed by atoms with E-state index in [4.69, 9.17) is 9.72 Å². The summed E-state index contributed by atoms with van der Waals surface area (Å²) in [6.07, 6.45) is 5.66. The first-order valence-corrected chi connectivity index (χ1v) is 17.3. The number of carbonyl (C=O) groups excluding carboxylic acids is 4. The first-order valence-electron chi connectivity index (χ1n) is 17.3. The first-order chi connectivity index (χ1) is 23.6. The Morgan fingerprint density at radius 2 is 1.71 bits per heavy atom. The minimum Gasteiger partial charge on any atom is -0.455 e. The maximum atomic E-state index is 13.4. The van der Waals surface area contributed by atoms with Crippen molar-refractivity contribution < 1.29 is 23.9 Å². The first kappa shape index (κ1) is 35.7. The van der Waals surface area contributed by atoms with Gasteiger partial charge in [-0.25, -0.2) is 10.4 Å². The molecule has 11 heteroatoms. The summed E-state index contributed by atoms with van der Waals surface area (Å²) in [4.78, 5) is 60.2. The second-order valence-electron chi connectivity index (χ2n) is 13.3. The van der Waals surface area contributed by atoms with Crippen LogP contribution < -0.4 is 16.1 Å². The zero-order chi connectivity index (χ0) is 34.9. The number of pyridine rings is 1. The highest BCUT2D eigenvalue weighted by atomic mass is 16.5. The molecule has 3 aromatic rings. The number of rotatable bonds is 3. The summed E-state index contributed by atoms with van der Waals surface area (Å²) >= 11 is 0. The van der Waals surface area contributed by atoms with Crippen LogP contribution in [0.3, 0.4) is 0 Å². The van der Waals surface area contributed by atoms with Crippen LogP contribution in [-0.2, 0) is 30.5 Å². The SMILES string of the molecule is CC(C)[C@@H]1NC(=O)CCN(Cc2ccccc2)CC/C=C/c2ccc3ccc(nc3c2)[C@@H](C)OC(=O)[C@@H]2CCCN(N2)C(=O)[C@H](C)NC1=O. The number of hydrogen-bond donors (Lipinski definition) is 3. The van der Waals surface area contributed by atoms with E-state index in [-0.39, 0.29) is 24.2 Å². The quantitative estimate of drug-likeness (QED) is 0.353. The number of nitrogens with zero attached hydrogens (tertiary/aromatic N) is 3. The molecule has 0 radical (unpaired) electrons. The highest BCUT2D eigenvalue weighted by Gasteiger charge is 2.34. The number of hydrazine groups is 1. The Morgan fingerprint density at radius 1 is 0.939 bits per heavy atom. The lowest BCUT2D eigenvalue weighted by atomic mass is 10.0.